The molecule has 1 fully saturated rings. The van der Waals surface area contributed by atoms with Gasteiger partial charge < -0.3 is 5.32 Å². The van der Waals surface area contributed by atoms with Gasteiger partial charge in [0.2, 0.25) is 5.91 Å². The third-order valence-electron chi connectivity index (χ3n) is 5.37. The van der Waals surface area contributed by atoms with Crippen molar-refractivity contribution in [3.8, 4) is 5.69 Å². The molecule has 1 aromatic heterocycles. The van der Waals surface area contributed by atoms with Crippen molar-refractivity contribution in [3.05, 3.63) is 64.5 Å². The first-order chi connectivity index (χ1) is 13.5. The molecule has 4 rings (SSSR count). The first-order valence-corrected chi connectivity index (χ1v) is 9.61. The van der Waals surface area contributed by atoms with E-state index in [1.54, 1.807) is 25.1 Å². The average Bonchev–Trinajstić information content (AvgIpc) is 3.17. The highest BCUT2D eigenvalue weighted by atomic mass is 19.1. The molecule has 1 N–H and O–H groups in total. The highest BCUT2D eigenvalue weighted by Crippen LogP contribution is 2.28. The number of anilines is 1. The van der Waals surface area contributed by atoms with E-state index >= 15 is 0 Å². The zero-order chi connectivity index (χ0) is 19.7. The number of aryl methyl sites for hydroxylation is 1. The van der Waals surface area contributed by atoms with Gasteiger partial charge in [0.25, 0.3) is 5.56 Å². The summed E-state index contributed by atoms with van der Waals surface area (Å²) in [4.78, 5) is 29.7. The first kappa shape index (κ1) is 18.3. The van der Waals surface area contributed by atoms with Crippen LogP contribution in [0.5, 0.6) is 0 Å². The minimum atomic E-state index is -0.525. The summed E-state index contributed by atoms with van der Waals surface area (Å²) in [5.74, 6) is 0.158. The number of halogens is 1. The number of amides is 1. The molecular weight excluding hydrogens is 357 g/mol. The molecule has 0 atom stereocenters. The molecule has 144 valence electrons. The summed E-state index contributed by atoms with van der Waals surface area (Å²) in [5, 5.41) is 3.16. The van der Waals surface area contributed by atoms with Crippen LogP contribution in [0.25, 0.3) is 16.6 Å². The summed E-state index contributed by atoms with van der Waals surface area (Å²) in [5.41, 5.74) is 0.949. The Bertz CT molecular complexity index is 1100. The molecule has 3 aromatic rings. The van der Waals surface area contributed by atoms with E-state index in [0.29, 0.717) is 34.8 Å². The van der Waals surface area contributed by atoms with Crippen LogP contribution in [0.3, 0.4) is 0 Å². The van der Waals surface area contributed by atoms with Crippen molar-refractivity contribution in [3.63, 3.8) is 0 Å². The Hall–Kier alpha value is -3.02. The Balaban J connectivity index is 1.68. The van der Waals surface area contributed by atoms with Crippen LogP contribution >= 0.6 is 0 Å². The lowest BCUT2D eigenvalue weighted by atomic mass is 10.0. The van der Waals surface area contributed by atoms with E-state index in [1.165, 1.54) is 22.8 Å². The molecule has 0 spiro atoms. The molecule has 1 saturated carbocycles. The number of nitrogens with one attached hydrogen (secondary N) is 1. The molecule has 2 aromatic carbocycles. The van der Waals surface area contributed by atoms with Crippen molar-refractivity contribution in [2.45, 2.75) is 39.0 Å². The van der Waals surface area contributed by atoms with Gasteiger partial charge in [-0.15, -0.1) is 0 Å². The van der Waals surface area contributed by atoms with Crippen molar-refractivity contribution < 1.29 is 9.18 Å². The van der Waals surface area contributed by atoms with Gasteiger partial charge in [0.05, 0.1) is 22.3 Å². The molecule has 28 heavy (non-hydrogen) atoms. The van der Waals surface area contributed by atoms with Gasteiger partial charge >= 0.3 is 0 Å². The summed E-state index contributed by atoms with van der Waals surface area (Å²) in [6, 6.07) is 11.4. The molecule has 1 aliphatic rings. The maximum absolute atomic E-state index is 14.3. The minimum absolute atomic E-state index is 0.0833. The number of rotatable bonds is 4. The van der Waals surface area contributed by atoms with E-state index < -0.39 is 5.82 Å². The number of hydrogen-bond donors (Lipinski definition) is 1. The summed E-state index contributed by atoms with van der Waals surface area (Å²) < 4.78 is 15.7. The molecule has 0 unspecified atom stereocenters. The van der Waals surface area contributed by atoms with Crippen LogP contribution < -0.4 is 10.9 Å². The van der Waals surface area contributed by atoms with Crippen LogP contribution in [0.1, 0.15) is 37.9 Å². The third kappa shape index (κ3) is 3.54. The highest BCUT2D eigenvalue weighted by molar-refractivity contribution is 5.91. The zero-order valence-electron chi connectivity index (χ0n) is 15.7. The molecular formula is C22H22FN3O2. The Morgan fingerprint density at radius 3 is 2.75 bits per heavy atom. The SMILES string of the molecule is Cc1nc2ccccc2c(=O)n1-c1ccc(F)c(NC(=O)CC2CCCC2)c1. The van der Waals surface area contributed by atoms with Crippen LogP contribution in [0.15, 0.2) is 47.3 Å². The predicted molar refractivity (Wildman–Crippen MR) is 107 cm³/mol. The molecule has 6 heteroatoms. The van der Waals surface area contributed by atoms with Crippen LogP contribution in [0.4, 0.5) is 10.1 Å². The number of carbonyl (C=O) groups excluding carboxylic acids is 1. The number of fused-ring (bicyclic) bond motifs is 1. The smallest absolute Gasteiger partial charge is 0.265 e. The fraction of sp³-hybridized carbons (Fsp3) is 0.318. The Labute approximate surface area is 162 Å². The topological polar surface area (TPSA) is 64.0 Å². The summed E-state index contributed by atoms with van der Waals surface area (Å²) in [7, 11) is 0. The fourth-order valence-corrected chi connectivity index (χ4v) is 3.97. The summed E-state index contributed by atoms with van der Waals surface area (Å²) in [6.07, 6.45) is 4.80. The standard InChI is InChI=1S/C22H22FN3O2/c1-14-24-19-9-5-4-8-17(19)22(28)26(14)16-10-11-18(23)20(13-16)25-21(27)12-15-6-2-3-7-15/h4-5,8-11,13,15H,2-3,6-7,12H2,1H3,(H,25,27). The van der Waals surface area contributed by atoms with Gasteiger partial charge in [0, 0.05) is 6.42 Å². The second-order valence-corrected chi connectivity index (χ2v) is 7.38. The van der Waals surface area contributed by atoms with Gasteiger partial charge in [-0.3, -0.25) is 14.2 Å². The van der Waals surface area contributed by atoms with Crippen LogP contribution in [-0.2, 0) is 4.79 Å². The van der Waals surface area contributed by atoms with Gasteiger partial charge in [-0.2, -0.15) is 0 Å². The monoisotopic (exact) mass is 379 g/mol. The molecule has 0 radical (unpaired) electrons. The van der Waals surface area contributed by atoms with E-state index in [-0.39, 0.29) is 17.2 Å². The first-order valence-electron chi connectivity index (χ1n) is 9.61. The van der Waals surface area contributed by atoms with E-state index in [9.17, 15) is 14.0 Å². The Morgan fingerprint density at radius 1 is 1.21 bits per heavy atom. The molecule has 0 saturated heterocycles. The number of nitrogens with zero attached hydrogens (tertiary/aromatic N) is 2. The van der Waals surface area contributed by atoms with Crippen molar-refractivity contribution in [2.24, 2.45) is 5.92 Å². The minimum Gasteiger partial charge on any atom is -0.324 e. The number of hydrogen-bond acceptors (Lipinski definition) is 3. The molecule has 5 nitrogen and oxygen atoms in total. The van der Waals surface area contributed by atoms with Gasteiger partial charge in [0.1, 0.15) is 11.6 Å². The summed E-state index contributed by atoms with van der Waals surface area (Å²) in [6.45, 7) is 1.73. The molecule has 1 heterocycles. The normalized spacial score (nSPS) is 14.5. The predicted octanol–water partition coefficient (Wildman–Crippen LogP) is 4.35. The fourth-order valence-electron chi connectivity index (χ4n) is 3.97. The lowest BCUT2D eigenvalue weighted by Gasteiger charge is -2.14. The third-order valence-corrected chi connectivity index (χ3v) is 5.37. The molecule has 0 bridgehead atoms. The van der Waals surface area contributed by atoms with E-state index in [1.807, 2.05) is 6.07 Å². The maximum atomic E-state index is 14.3. The van der Waals surface area contributed by atoms with Gasteiger partial charge in [-0.25, -0.2) is 9.37 Å². The van der Waals surface area contributed by atoms with Crippen molar-refractivity contribution in [1.82, 2.24) is 9.55 Å². The Morgan fingerprint density at radius 2 is 1.96 bits per heavy atom. The van der Waals surface area contributed by atoms with Crippen LogP contribution in [0, 0.1) is 18.7 Å². The molecule has 1 amide bonds. The number of carbonyl (C=O) groups is 1. The second-order valence-electron chi connectivity index (χ2n) is 7.38. The maximum Gasteiger partial charge on any atom is 0.265 e. The van der Waals surface area contributed by atoms with Crippen molar-refractivity contribution in [1.29, 1.82) is 0 Å². The van der Waals surface area contributed by atoms with Gasteiger partial charge in [-0.1, -0.05) is 25.0 Å². The average molecular weight is 379 g/mol. The van der Waals surface area contributed by atoms with Gasteiger partial charge in [0.15, 0.2) is 0 Å². The Kier molecular flexibility index (Phi) is 4.94. The van der Waals surface area contributed by atoms with Crippen LogP contribution in [-0.4, -0.2) is 15.5 Å². The van der Waals surface area contributed by atoms with Crippen molar-refractivity contribution in [2.75, 3.05) is 5.32 Å². The number of benzene rings is 2. The van der Waals surface area contributed by atoms with E-state index in [4.69, 9.17) is 0 Å². The quantitative estimate of drug-likeness (QED) is 0.733. The molecule has 0 aliphatic heterocycles. The second kappa shape index (κ2) is 7.54. The van der Waals surface area contributed by atoms with E-state index in [2.05, 4.69) is 10.3 Å². The van der Waals surface area contributed by atoms with Crippen LogP contribution in [0.2, 0.25) is 0 Å². The number of para-hydroxylation sites is 1. The van der Waals surface area contributed by atoms with E-state index in [0.717, 1.165) is 25.7 Å². The van der Waals surface area contributed by atoms with Gasteiger partial charge in [-0.05, 0) is 56.0 Å². The van der Waals surface area contributed by atoms with Crippen molar-refractivity contribution >= 4 is 22.5 Å². The number of aromatic nitrogens is 2. The highest BCUT2D eigenvalue weighted by Gasteiger charge is 2.19. The lowest BCUT2D eigenvalue weighted by Crippen LogP contribution is -2.23. The zero-order valence-corrected chi connectivity index (χ0v) is 15.7. The largest absolute Gasteiger partial charge is 0.324 e. The summed E-state index contributed by atoms with van der Waals surface area (Å²) >= 11 is 0. The molecule has 1 aliphatic carbocycles. The lowest BCUT2D eigenvalue weighted by molar-refractivity contribution is -0.117.